The molecule has 1 fully saturated rings. The van der Waals surface area contributed by atoms with Gasteiger partial charge in [-0.25, -0.2) is 12.8 Å². The van der Waals surface area contributed by atoms with E-state index in [9.17, 15) is 22.4 Å². The molecule has 0 aliphatic heterocycles. The zero-order valence-electron chi connectivity index (χ0n) is 24.3. The number of ether oxygens (including phenoxy) is 1. The second-order valence-corrected chi connectivity index (χ2v) is 12.8. The lowest BCUT2D eigenvalue weighted by Gasteiger charge is -2.33. The first-order valence-corrected chi connectivity index (χ1v) is 16.3. The highest BCUT2D eigenvalue weighted by Crippen LogP contribution is 2.27. The van der Waals surface area contributed by atoms with E-state index in [4.69, 9.17) is 16.3 Å². The fraction of sp³-hybridized carbons (Fsp3) is 0.375. The minimum Gasteiger partial charge on any atom is -0.494 e. The number of halogens is 2. The van der Waals surface area contributed by atoms with Gasteiger partial charge in [-0.1, -0.05) is 43.5 Å². The van der Waals surface area contributed by atoms with Crippen molar-refractivity contribution in [2.75, 3.05) is 17.5 Å². The molecule has 3 aromatic carbocycles. The van der Waals surface area contributed by atoms with Gasteiger partial charge in [0, 0.05) is 17.6 Å². The molecule has 1 aliphatic rings. The first kappa shape index (κ1) is 32.3. The molecule has 3 aromatic rings. The largest absolute Gasteiger partial charge is 0.494 e. The lowest BCUT2D eigenvalue weighted by atomic mass is 10.1. The number of nitrogens with one attached hydrogen (secondary N) is 1. The minimum absolute atomic E-state index is 0.0493. The predicted octanol–water partition coefficient (Wildman–Crippen LogP) is 5.94. The van der Waals surface area contributed by atoms with Gasteiger partial charge in [0.15, 0.2) is 0 Å². The Bertz CT molecular complexity index is 1480. The van der Waals surface area contributed by atoms with Gasteiger partial charge < -0.3 is 15.0 Å². The van der Waals surface area contributed by atoms with Crippen LogP contribution in [0.5, 0.6) is 5.75 Å². The van der Waals surface area contributed by atoms with Crippen LogP contribution in [0.2, 0.25) is 5.02 Å². The minimum atomic E-state index is -4.31. The van der Waals surface area contributed by atoms with Crippen molar-refractivity contribution in [2.24, 2.45) is 0 Å². The summed E-state index contributed by atoms with van der Waals surface area (Å²) < 4.78 is 48.0. The summed E-state index contributed by atoms with van der Waals surface area (Å²) in [7, 11) is -4.31. The fourth-order valence-electron chi connectivity index (χ4n) is 5.21. The summed E-state index contributed by atoms with van der Waals surface area (Å²) in [4.78, 5) is 28.9. The third-order valence-electron chi connectivity index (χ3n) is 7.47. The Kier molecular flexibility index (Phi) is 11.0. The summed E-state index contributed by atoms with van der Waals surface area (Å²) >= 11 is 6.08. The van der Waals surface area contributed by atoms with Crippen molar-refractivity contribution in [1.29, 1.82) is 0 Å². The van der Waals surface area contributed by atoms with Gasteiger partial charge in [0.25, 0.3) is 10.0 Å². The first-order valence-electron chi connectivity index (χ1n) is 14.5. The molecular formula is C32H37ClFN3O5S. The van der Waals surface area contributed by atoms with Crippen LogP contribution in [-0.4, -0.2) is 50.4 Å². The molecule has 4 rings (SSSR count). The lowest BCUT2D eigenvalue weighted by Crippen LogP contribution is -2.53. The molecule has 0 unspecified atom stereocenters. The highest BCUT2D eigenvalue weighted by Gasteiger charge is 2.34. The summed E-state index contributed by atoms with van der Waals surface area (Å²) in [6, 6.07) is 16.9. The maximum atomic E-state index is 14.2. The number of benzene rings is 3. The molecule has 11 heteroatoms. The molecule has 1 N–H and O–H groups in total. The fourth-order valence-corrected chi connectivity index (χ4v) is 6.75. The molecule has 0 aromatic heterocycles. The third kappa shape index (κ3) is 8.26. The van der Waals surface area contributed by atoms with Crippen molar-refractivity contribution >= 4 is 39.1 Å². The van der Waals surface area contributed by atoms with Crippen LogP contribution < -0.4 is 14.4 Å². The molecule has 0 saturated heterocycles. The lowest BCUT2D eigenvalue weighted by molar-refractivity contribution is -0.140. The molecular weight excluding hydrogens is 593 g/mol. The third-order valence-corrected chi connectivity index (χ3v) is 9.51. The number of sulfonamides is 1. The number of nitrogens with zero attached hydrogens (tertiary/aromatic N) is 2. The Morgan fingerprint density at radius 1 is 0.977 bits per heavy atom. The molecule has 1 aliphatic carbocycles. The Morgan fingerprint density at radius 2 is 1.60 bits per heavy atom. The van der Waals surface area contributed by atoms with Crippen molar-refractivity contribution in [3.63, 3.8) is 0 Å². The summed E-state index contributed by atoms with van der Waals surface area (Å²) in [6.07, 6.45) is 4.16. The standard InChI is InChI=1S/C32H37ClFN3O5S/c1-3-30(32(39)35-26-7-5-6-8-26)36(21-23-9-11-24(33)12-10-23)31(38)22-37(27-15-17-28(18-16-27)42-4-2)43(40,41)29-19-13-25(34)14-20-29/h9-20,26,30H,3-8,21-22H2,1-2H3,(H,35,39)/t30-/m1/s1. The van der Waals surface area contributed by atoms with Gasteiger partial charge in [-0.15, -0.1) is 0 Å². The molecule has 1 saturated carbocycles. The van der Waals surface area contributed by atoms with Crippen molar-refractivity contribution in [3.05, 3.63) is 89.2 Å². The maximum absolute atomic E-state index is 14.2. The van der Waals surface area contributed by atoms with Crippen LogP contribution in [0, 0.1) is 5.82 Å². The topological polar surface area (TPSA) is 96.0 Å². The van der Waals surface area contributed by atoms with E-state index in [-0.39, 0.29) is 29.1 Å². The van der Waals surface area contributed by atoms with Gasteiger partial charge in [0.1, 0.15) is 24.2 Å². The molecule has 1 atom stereocenters. The van der Waals surface area contributed by atoms with Crippen LogP contribution in [0.15, 0.2) is 77.7 Å². The van der Waals surface area contributed by atoms with Crippen LogP contribution in [0.25, 0.3) is 0 Å². The van der Waals surface area contributed by atoms with E-state index in [2.05, 4.69) is 5.32 Å². The van der Waals surface area contributed by atoms with Gasteiger partial charge >= 0.3 is 0 Å². The maximum Gasteiger partial charge on any atom is 0.264 e. The van der Waals surface area contributed by atoms with Crippen LogP contribution in [0.4, 0.5) is 10.1 Å². The number of anilines is 1. The molecule has 43 heavy (non-hydrogen) atoms. The molecule has 230 valence electrons. The van der Waals surface area contributed by atoms with Gasteiger partial charge in [0.05, 0.1) is 17.2 Å². The van der Waals surface area contributed by atoms with E-state index in [1.54, 1.807) is 48.5 Å². The zero-order chi connectivity index (χ0) is 31.0. The monoisotopic (exact) mass is 629 g/mol. The Balaban J connectivity index is 1.71. The molecule has 8 nitrogen and oxygen atoms in total. The van der Waals surface area contributed by atoms with Crippen molar-refractivity contribution in [1.82, 2.24) is 10.2 Å². The summed E-state index contributed by atoms with van der Waals surface area (Å²) in [5, 5.41) is 3.62. The molecule has 0 spiro atoms. The van der Waals surface area contributed by atoms with Gasteiger partial charge in [-0.3, -0.25) is 13.9 Å². The number of hydrogen-bond donors (Lipinski definition) is 1. The van der Waals surface area contributed by atoms with E-state index in [1.807, 2.05) is 13.8 Å². The number of amides is 2. The Morgan fingerprint density at radius 3 is 2.19 bits per heavy atom. The normalized spacial score (nSPS) is 14.2. The average molecular weight is 630 g/mol. The van der Waals surface area contributed by atoms with Crippen LogP contribution in [0.3, 0.4) is 0 Å². The van der Waals surface area contributed by atoms with Crippen LogP contribution in [0.1, 0.15) is 51.5 Å². The van der Waals surface area contributed by atoms with E-state index >= 15 is 0 Å². The SMILES string of the molecule is CCOc1ccc(N(CC(=O)N(Cc2ccc(Cl)cc2)[C@H](CC)C(=O)NC2CCCC2)S(=O)(=O)c2ccc(F)cc2)cc1. The van der Waals surface area contributed by atoms with E-state index < -0.39 is 34.3 Å². The Labute approximate surface area is 257 Å². The molecule has 2 amide bonds. The van der Waals surface area contributed by atoms with E-state index in [1.165, 1.54) is 4.90 Å². The van der Waals surface area contributed by atoms with Crippen LogP contribution in [-0.2, 0) is 26.2 Å². The number of hydrogen-bond acceptors (Lipinski definition) is 5. The van der Waals surface area contributed by atoms with Gasteiger partial charge in [-0.05, 0) is 92.4 Å². The second kappa shape index (κ2) is 14.7. The Hall–Kier alpha value is -3.63. The average Bonchev–Trinajstić information content (AvgIpc) is 3.50. The molecule has 0 radical (unpaired) electrons. The van der Waals surface area contributed by atoms with Gasteiger partial charge in [-0.2, -0.15) is 0 Å². The highest BCUT2D eigenvalue weighted by molar-refractivity contribution is 7.92. The summed E-state index contributed by atoms with van der Waals surface area (Å²) in [5.74, 6) is -0.889. The number of carbonyl (C=O) groups excluding carboxylic acids is 2. The second-order valence-electron chi connectivity index (χ2n) is 10.5. The quantitative estimate of drug-likeness (QED) is 0.253. The van der Waals surface area contributed by atoms with Crippen molar-refractivity contribution < 1.29 is 27.1 Å². The molecule has 0 heterocycles. The smallest absolute Gasteiger partial charge is 0.264 e. The number of carbonyl (C=O) groups is 2. The van der Waals surface area contributed by atoms with E-state index in [0.29, 0.717) is 23.8 Å². The summed E-state index contributed by atoms with van der Waals surface area (Å²) in [5.41, 5.74) is 0.954. The molecule has 0 bridgehead atoms. The predicted molar refractivity (Wildman–Crippen MR) is 165 cm³/mol. The first-order chi connectivity index (χ1) is 20.6. The summed E-state index contributed by atoms with van der Waals surface area (Å²) in [6.45, 7) is 3.56. The van der Waals surface area contributed by atoms with E-state index in [0.717, 1.165) is 59.8 Å². The number of rotatable bonds is 13. The van der Waals surface area contributed by atoms with Crippen molar-refractivity contribution in [3.8, 4) is 5.75 Å². The zero-order valence-corrected chi connectivity index (χ0v) is 25.9. The van der Waals surface area contributed by atoms with Crippen LogP contribution >= 0.6 is 11.6 Å². The van der Waals surface area contributed by atoms with Crippen molar-refractivity contribution in [2.45, 2.75) is 69.5 Å². The highest BCUT2D eigenvalue weighted by atomic mass is 35.5. The van der Waals surface area contributed by atoms with Gasteiger partial charge in [0.2, 0.25) is 11.8 Å².